The number of hydrogen-bond acceptors (Lipinski definition) is 5. The van der Waals surface area contributed by atoms with E-state index in [1.54, 1.807) is 36.1 Å². The molecule has 0 aliphatic rings. The fourth-order valence-electron chi connectivity index (χ4n) is 3.02. The Labute approximate surface area is 185 Å². The number of aryl methyl sites for hydroxylation is 1. The van der Waals surface area contributed by atoms with Crippen LogP contribution in [0.4, 0.5) is 0 Å². The van der Waals surface area contributed by atoms with Crippen LogP contribution in [0.5, 0.6) is 5.75 Å². The average Bonchev–Trinajstić information content (AvgIpc) is 3.05. The van der Waals surface area contributed by atoms with Gasteiger partial charge >= 0.3 is 5.97 Å². The van der Waals surface area contributed by atoms with Gasteiger partial charge in [0.15, 0.2) is 6.61 Å². The zero-order valence-electron chi connectivity index (χ0n) is 17.6. The zero-order valence-corrected chi connectivity index (χ0v) is 18.4. The van der Waals surface area contributed by atoms with Crippen molar-refractivity contribution in [3.63, 3.8) is 0 Å². The molecule has 0 saturated heterocycles. The Hall–Kier alpha value is -3.32. The van der Waals surface area contributed by atoms with Gasteiger partial charge in [0.05, 0.1) is 34.8 Å². The van der Waals surface area contributed by atoms with Crippen LogP contribution in [-0.4, -0.2) is 41.9 Å². The average molecular weight is 442 g/mol. The lowest BCUT2D eigenvalue weighted by Gasteiger charge is -2.08. The number of benzene rings is 2. The van der Waals surface area contributed by atoms with Gasteiger partial charge in [-0.15, -0.1) is 0 Å². The van der Waals surface area contributed by atoms with Crippen LogP contribution in [0, 0.1) is 13.8 Å². The summed E-state index contributed by atoms with van der Waals surface area (Å²) in [5, 5.41) is 7.73. The highest BCUT2D eigenvalue weighted by Gasteiger charge is 2.13. The maximum Gasteiger partial charge on any atom is 0.338 e. The Balaban J connectivity index is 1.46. The van der Waals surface area contributed by atoms with Crippen molar-refractivity contribution in [3.8, 4) is 11.4 Å². The highest BCUT2D eigenvalue weighted by Crippen LogP contribution is 2.22. The highest BCUT2D eigenvalue weighted by atomic mass is 35.5. The monoisotopic (exact) mass is 441 g/mol. The largest absolute Gasteiger partial charge is 0.497 e. The molecule has 0 aliphatic carbocycles. The first-order chi connectivity index (χ1) is 14.9. The quantitative estimate of drug-likeness (QED) is 0.539. The Morgan fingerprint density at radius 3 is 2.32 bits per heavy atom. The Morgan fingerprint density at radius 1 is 1.06 bits per heavy atom. The van der Waals surface area contributed by atoms with Gasteiger partial charge in [0.1, 0.15) is 5.75 Å². The predicted octanol–water partition coefficient (Wildman–Crippen LogP) is 3.67. The third-order valence-electron chi connectivity index (χ3n) is 4.78. The number of rotatable bonds is 8. The molecule has 3 rings (SSSR count). The minimum absolute atomic E-state index is 0.337. The molecule has 162 valence electrons. The summed E-state index contributed by atoms with van der Waals surface area (Å²) < 4.78 is 11.9. The van der Waals surface area contributed by atoms with E-state index in [1.807, 2.05) is 38.1 Å². The summed E-state index contributed by atoms with van der Waals surface area (Å²) in [6, 6.07) is 14.4. The first kappa shape index (κ1) is 22.4. The molecule has 0 radical (unpaired) electrons. The standard InChI is InChI=1S/C23H24ClN3O4/c1-15-22(24)16(2)27(26-15)19-8-6-18(7-9-19)23(29)31-14-21(28)25-13-12-17-4-10-20(30-3)11-5-17/h4-11H,12-14H2,1-3H3,(H,25,28). The van der Waals surface area contributed by atoms with Gasteiger partial charge in [-0.1, -0.05) is 23.7 Å². The minimum Gasteiger partial charge on any atom is -0.497 e. The topological polar surface area (TPSA) is 82.5 Å². The third kappa shape index (κ3) is 5.64. The van der Waals surface area contributed by atoms with Gasteiger partial charge in [-0.25, -0.2) is 9.48 Å². The number of carbonyl (C=O) groups is 2. The zero-order chi connectivity index (χ0) is 22.4. The van der Waals surface area contributed by atoms with Crippen LogP contribution in [0.2, 0.25) is 5.02 Å². The summed E-state index contributed by atoms with van der Waals surface area (Å²) >= 11 is 6.18. The lowest BCUT2D eigenvalue weighted by molar-refractivity contribution is -0.124. The van der Waals surface area contributed by atoms with E-state index in [2.05, 4.69) is 10.4 Å². The van der Waals surface area contributed by atoms with Crippen LogP contribution in [-0.2, 0) is 16.0 Å². The molecule has 0 aliphatic heterocycles. The molecule has 0 spiro atoms. The van der Waals surface area contributed by atoms with Gasteiger partial charge in [0, 0.05) is 6.54 Å². The van der Waals surface area contributed by atoms with Crippen LogP contribution < -0.4 is 10.1 Å². The molecule has 1 amide bonds. The van der Waals surface area contributed by atoms with E-state index < -0.39 is 5.97 Å². The van der Waals surface area contributed by atoms with Gasteiger partial charge in [-0.3, -0.25) is 4.79 Å². The Bertz CT molecular complexity index is 1060. The molecular formula is C23H24ClN3O4. The summed E-state index contributed by atoms with van der Waals surface area (Å²) in [6.45, 7) is 3.82. The second-order valence-corrected chi connectivity index (χ2v) is 7.35. The second-order valence-electron chi connectivity index (χ2n) is 6.97. The number of ether oxygens (including phenoxy) is 2. The molecule has 31 heavy (non-hydrogen) atoms. The molecule has 3 aromatic rings. The molecule has 8 heteroatoms. The van der Waals surface area contributed by atoms with Gasteiger partial charge < -0.3 is 14.8 Å². The van der Waals surface area contributed by atoms with E-state index in [-0.39, 0.29) is 12.5 Å². The smallest absolute Gasteiger partial charge is 0.338 e. The van der Waals surface area contributed by atoms with E-state index >= 15 is 0 Å². The maximum absolute atomic E-state index is 12.2. The van der Waals surface area contributed by atoms with Crippen molar-refractivity contribution >= 4 is 23.5 Å². The molecule has 2 aromatic carbocycles. The lowest BCUT2D eigenvalue weighted by Crippen LogP contribution is -2.30. The van der Waals surface area contributed by atoms with E-state index in [0.29, 0.717) is 23.6 Å². The van der Waals surface area contributed by atoms with Crippen LogP contribution in [0.3, 0.4) is 0 Å². The molecule has 0 unspecified atom stereocenters. The van der Waals surface area contributed by atoms with Crippen molar-refractivity contribution < 1.29 is 19.1 Å². The predicted molar refractivity (Wildman–Crippen MR) is 118 cm³/mol. The number of nitrogens with one attached hydrogen (secondary N) is 1. The number of methoxy groups -OCH3 is 1. The molecule has 7 nitrogen and oxygen atoms in total. The third-order valence-corrected chi connectivity index (χ3v) is 5.33. The van der Waals surface area contributed by atoms with Gasteiger partial charge in [0.2, 0.25) is 0 Å². The molecule has 0 bridgehead atoms. The van der Waals surface area contributed by atoms with Crippen LogP contribution >= 0.6 is 11.6 Å². The second kappa shape index (κ2) is 10.1. The fraction of sp³-hybridized carbons (Fsp3) is 0.261. The Morgan fingerprint density at radius 2 is 1.74 bits per heavy atom. The van der Waals surface area contributed by atoms with E-state index in [4.69, 9.17) is 21.1 Å². The van der Waals surface area contributed by atoms with E-state index in [1.165, 1.54) is 0 Å². The number of aromatic nitrogens is 2. The molecule has 1 heterocycles. The van der Waals surface area contributed by atoms with E-state index in [0.717, 1.165) is 28.4 Å². The number of carbonyl (C=O) groups excluding carboxylic acids is 2. The highest BCUT2D eigenvalue weighted by molar-refractivity contribution is 6.31. The van der Waals surface area contributed by atoms with Gasteiger partial charge in [-0.2, -0.15) is 5.10 Å². The van der Waals surface area contributed by atoms with Crippen LogP contribution in [0.1, 0.15) is 27.3 Å². The van der Waals surface area contributed by atoms with Crippen molar-refractivity contribution in [1.29, 1.82) is 0 Å². The minimum atomic E-state index is -0.566. The normalized spacial score (nSPS) is 10.6. The molecule has 1 aromatic heterocycles. The van der Waals surface area contributed by atoms with Crippen molar-refractivity contribution in [1.82, 2.24) is 15.1 Å². The summed E-state index contributed by atoms with van der Waals surface area (Å²) in [7, 11) is 1.61. The van der Waals surface area contributed by atoms with Gasteiger partial charge in [-0.05, 0) is 62.2 Å². The summed E-state index contributed by atoms with van der Waals surface area (Å²) in [4.78, 5) is 24.2. The SMILES string of the molecule is COc1ccc(CCNC(=O)COC(=O)c2ccc(-n3nc(C)c(Cl)c3C)cc2)cc1. The summed E-state index contributed by atoms with van der Waals surface area (Å²) in [5.74, 6) is -0.134. The van der Waals surface area contributed by atoms with Crippen LogP contribution in [0.15, 0.2) is 48.5 Å². The van der Waals surface area contributed by atoms with Gasteiger partial charge in [0.25, 0.3) is 5.91 Å². The molecule has 1 N–H and O–H groups in total. The van der Waals surface area contributed by atoms with Crippen molar-refractivity contribution in [2.75, 3.05) is 20.3 Å². The number of hydrogen-bond donors (Lipinski definition) is 1. The van der Waals surface area contributed by atoms with Crippen molar-refractivity contribution in [2.24, 2.45) is 0 Å². The molecule has 0 atom stereocenters. The van der Waals surface area contributed by atoms with E-state index in [9.17, 15) is 9.59 Å². The first-order valence-corrected chi connectivity index (χ1v) is 10.2. The lowest BCUT2D eigenvalue weighted by atomic mass is 10.1. The number of esters is 1. The number of nitrogens with zero attached hydrogens (tertiary/aromatic N) is 2. The maximum atomic E-state index is 12.2. The number of halogens is 1. The number of amides is 1. The fourth-order valence-corrected chi connectivity index (χ4v) is 3.14. The Kier molecular flexibility index (Phi) is 7.31. The summed E-state index contributed by atoms with van der Waals surface area (Å²) in [6.07, 6.45) is 0.668. The first-order valence-electron chi connectivity index (χ1n) is 9.78. The van der Waals surface area contributed by atoms with Crippen molar-refractivity contribution in [3.05, 3.63) is 76.1 Å². The molecule has 0 fully saturated rings. The molecular weight excluding hydrogens is 418 g/mol. The van der Waals surface area contributed by atoms with Crippen molar-refractivity contribution in [2.45, 2.75) is 20.3 Å². The van der Waals surface area contributed by atoms with Crippen LogP contribution in [0.25, 0.3) is 5.69 Å². The molecule has 0 saturated carbocycles. The summed E-state index contributed by atoms with van der Waals surface area (Å²) in [5.41, 5.74) is 3.76.